The SMILES string of the molecule is Cc1csc([C@H]2CCCN2C(=O)c2cc(C(=O)NNC(=O)[C@@](C)(Cc3ccccc3)NC(=O)OC(C)(C)C)nc(-c3ccccc3C#N)c2)n1. The topological polar surface area (TPSA) is 166 Å². The van der Waals surface area contributed by atoms with Gasteiger partial charge in [0.05, 0.1) is 23.4 Å². The number of carbonyl (C=O) groups is 4. The molecule has 3 heterocycles. The van der Waals surface area contributed by atoms with Crippen LogP contribution in [-0.4, -0.2) is 56.4 Å². The molecule has 1 fully saturated rings. The highest BCUT2D eigenvalue weighted by Gasteiger charge is 2.38. The smallest absolute Gasteiger partial charge is 0.408 e. The van der Waals surface area contributed by atoms with Crippen LogP contribution in [0.4, 0.5) is 4.79 Å². The van der Waals surface area contributed by atoms with Crippen molar-refractivity contribution >= 4 is 35.2 Å². The van der Waals surface area contributed by atoms with Crippen molar-refractivity contribution in [3.8, 4) is 17.3 Å². The Hall–Kier alpha value is -5.61. The average Bonchev–Trinajstić information content (AvgIpc) is 3.75. The van der Waals surface area contributed by atoms with E-state index in [0.717, 1.165) is 29.1 Å². The molecule has 2 aromatic heterocycles. The Bertz CT molecular complexity index is 1950. The van der Waals surface area contributed by atoms with E-state index in [2.05, 4.69) is 32.2 Å². The van der Waals surface area contributed by atoms with Crippen LogP contribution in [0.3, 0.4) is 0 Å². The van der Waals surface area contributed by atoms with Crippen LogP contribution in [0.5, 0.6) is 0 Å². The fraction of sp³-hybridized carbons (Fsp3) is 0.324. The molecule has 4 amide bonds. The van der Waals surface area contributed by atoms with E-state index in [1.807, 2.05) is 42.6 Å². The minimum Gasteiger partial charge on any atom is -0.444 e. The van der Waals surface area contributed by atoms with Gasteiger partial charge in [-0.3, -0.25) is 25.2 Å². The van der Waals surface area contributed by atoms with E-state index in [1.54, 1.807) is 56.0 Å². The molecule has 0 saturated carbocycles. The number of benzene rings is 2. The number of pyridine rings is 1. The number of nitriles is 1. The zero-order valence-electron chi connectivity index (χ0n) is 28.6. The van der Waals surface area contributed by atoms with E-state index in [-0.39, 0.29) is 35.3 Å². The molecule has 4 aromatic rings. The Morgan fingerprint density at radius 1 is 1.00 bits per heavy atom. The lowest BCUT2D eigenvalue weighted by molar-refractivity contribution is -0.127. The first-order valence-corrected chi connectivity index (χ1v) is 17.0. The fourth-order valence-electron chi connectivity index (χ4n) is 5.70. The zero-order valence-corrected chi connectivity index (χ0v) is 29.4. The van der Waals surface area contributed by atoms with Gasteiger partial charge in [0.25, 0.3) is 17.7 Å². The second kappa shape index (κ2) is 14.9. The summed E-state index contributed by atoms with van der Waals surface area (Å²) in [5, 5.41) is 15.2. The number of likely N-dealkylation sites (tertiary alicyclic amines) is 1. The maximum atomic E-state index is 14.1. The maximum Gasteiger partial charge on any atom is 0.408 e. The molecule has 1 saturated heterocycles. The first-order chi connectivity index (χ1) is 23.8. The van der Waals surface area contributed by atoms with Gasteiger partial charge < -0.3 is 15.0 Å². The number of rotatable bonds is 8. The van der Waals surface area contributed by atoms with Crippen LogP contribution >= 0.6 is 11.3 Å². The Kier molecular flexibility index (Phi) is 10.6. The van der Waals surface area contributed by atoms with Gasteiger partial charge in [-0.1, -0.05) is 48.5 Å². The summed E-state index contributed by atoms with van der Waals surface area (Å²) in [6.07, 6.45) is 0.829. The molecule has 258 valence electrons. The number of ether oxygens (including phenoxy) is 1. The summed E-state index contributed by atoms with van der Waals surface area (Å²) in [6.45, 7) is 9.07. The molecule has 0 spiro atoms. The molecule has 3 N–H and O–H groups in total. The number of thiazole rings is 1. The van der Waals surface area contributed by atoms with E-state index >= 15 is 0 Å². The predicted octanol–water partition coefficient (Wildman–Crippen LogP) is 5.65. The summed E-state index contributed by atoms with van der Waals surface area (Å²) in [5.41, 5.74) is 5.13. The molecule has 50 heavy (non-hydrogen) atoms. The number of nitrogens with zero attached hydrogens (tertiary/aromatic N) is 4. The van der Waals surface area contributed by atoms with Gasteiger partial charge in [0.2, 0.25) is 0 Å². The Morgan fingerprint density at radius 2 is 1.72 bits per heavy atom. The van der Waals surface area contributed by atoms with Crippen molar-refractivity contribution < 1.29 is 23.9 Å². The number of hydrazine groups is 1. The van der Waals surface area contributed by atoms with Crippen LogP contribution in [0.2, 0.25) is 0 Å². The van der Waals surface area contributed by atoms with Gasteiger partial charge in [0, 0.05) is 35.2 Å². The number of carbonyl (C=O) groups excluding carboxylic acids is 4. The van der Waals surface area contributed by atoms with Crippen LogP contribution in [0, 0.1) is 18.3 Å². The van der Waals surface area contributed by atoms with Crippen molar-refractivity contribution in [1.82, 2.24) is 31.0 Å². The molecule has 12 nitrogen and oxygen atoms in total. The van der Waals surface area contributed by atoms with Crippen LogP contribution in [-0.2, 0) is 16.0 Å². The number of amides is 4. The highest BCUT2D eigenvalue weighted by atomic mass is 32.1. The van der Waals surface area contributed by atoms with Crippen molar-refractivity contribution in [3.63, 3.8) is 0 Å². The average molecular weight is 694 g/mol. The number of hydrogen-bond donors (Lipinski definition) is 3. The minimum atomic E-state index is -1.54. The number of nitrogens with one attached hydrogen (secondary N) is 3. The van der Waals surface area contributed by atoms with Crippen LogP contribution in [0.1, 0.15) is 89.3 Å². The van der Waals surface area contributed by atoms with Crippen molar-refractivity contribution in [2.24, 2.45) is 0 Å². The molecular formula is C37H39N7O5S. The van der Waals surface area contributed by atoms with Crippen LogP contribution in [0.25, 0.3) is 11.3 Å². The summed E-state index contributed by atoms with van der Waals surface area (Å²) < 4.78 is 5.42. The number of aromatic nitrogens is 2. The highest BCUT2D eigenvalue weighted by molar-refractivity contribution is 7.09. The molecule has 1 aliphatic rings. The van der Waals surface area contributed by atoms with Gasteiger partial charge in [-0.15, -0.1) is 11.3 Å². The van der Waals surface area contributed by atoms with Gasteiger partial charge >= 0.3 is 6.09 Å². The lowest BCUT2D eigenvalue weighted by Gasteiger charge is -2.31. The van der Waals surface area contributed by atoms with Gasteiger partial charge in [0.1, 0.15) is 21.8 Å². The minimum absolute atomic E-state index is 0.0851. The number of hydrogen-bond acceptors (Lipinski definition) is 9. The van der Waals surface area contributed by atoms with Gasteiger partial charge in [-0.25, -0.2) is 14.8 Å². The predicted molar refractivity (Wildman–Crippen MR) is 188 cm³/mol. The van der Waals surface area contributed by atoms with Gasteiger partial charge in [-0.2, -0.15) is 5.26 Å². The molecular weight excluding hydrogens is 655 g/mol. The first-order valence-electron chi connectivity index (χ1n) is 16.2. The van der Waals surface area contributed by atoms with Crippen molar-refractivity contribution in [2.45, 2.75) is 71.1 Å². The molecule has 0 bridgehead atoms. The van der Waals surface area contributed by atoms with Crippen molar-refractivity contribution in [2.75, 3.05) is 6.54 Å². The van der Waals surface area contributed by atoms with Gasteiger partial charge in [0.15, 0.2) is 0 Å². The Labute approximate surface area is 294 Å². The third-order valence-corrected chi connectivity index (χ3v) is 9.10. The summed E-state index contributed by atoms with van der Waals surface area (Å²) in [7, 11) is 0. The molecule has 2 aromatic carbocycles. The molecule has 1 aliphatic heterocycles. The molecule has 2 atom stereocenters. The highest BCUT2D eigenvalue weighted by Crippen LogP contribution is 2.35. The van der Waals surface area contributed by atoms with E-state index < -0.39 is 29.0 Å². The second-order valence-corrected chi connectivity index (χ2v) is 14.2. The molecule has 0 radical (unpaired) electrons. The van der Waals surface area contributed by atoms with E-state index in [0.29, 0.717) is 17.7 Å². The summed E-state index contributed by atoms with van der Waals surface area (Å²) in [6, 6.07) is 20.7. The van der Waals surface area contributed by atoms with Gasteiger partial charge in [-0.05, 0) is 71.2 Å². The third-order valence-electron chi connectivity index (χ3n) is 8.03. The normalized spacial score (nSPS) is 15.4. The maximum absolute atomic E-state index is 14.1. The summed E-state index contributed by atoms with van der Waals surface area (Å²) in [4.78, 5) is 65.1. The largest absolute Gasteiger partial charge is 0.444 e. The monoisotopic (exact) mass is 693 g/mol. The van der Waals surface area contributed by atoms with E-state index in [9.17, 15) is 24.4 Å². The molecule has 0 aliphatic carbocycles. The molecule has 0 unspecified atom stereocenters. The fourth-order valence-corrected chi connectivity index (χ4v) is 6.64. The standard InChI is InChI=1S/C37H39N7O5S/c1-23-22-50-32(39-23)30-16-11-17-44(30)33(46)26-18-28(27-15-10-9-14-25(27)21-38)40-29(19-26)31(45)42-43-34(47)37(5,20-24-12-7-6-8-13-24)41-35(48)49-36(2,3)4/h6-10,12-15,18-19,22,30H,11,16-17,20H2,1-5H3,(H,41,48)(H,42,45)(H,43,47)/t30-,37-/m1/s1. The van der Waals surface area contributed by atoms with E-state index in [4.69, 9.17) is 4.74 Å². The zero-order chi connectivity index (χ0) is 36.1. The Balaban J connectivity index is 1.43. The van der Waals surface area contributed by atoms with E-state index in [1.165, 1.54) is 24.3 Å². The van der Waals surface area contributed by atoms with Crippen LogP contribution in [0.15, 0.2) is 72.1 Å². The molecule has 13 heteroatoms. The lowest BCUT2D eigenvalue weighted by Crippen LogP contribution is -2.61. The van der Waals surface area contributed by atoms with Crippen LogP contribution < -0.4 is 16.2 Å². The first kappa shape index (κ1) is 35.7. The summed E-state index contributed by atoms with van der Waals surface area (Å²) >= 11 is 1.50. The number of aryl methyl sites for hydroxylation is 1. The van der Waals surface area contributed by atoms with Crippen molar-refractivity contribution in [3.05, 3.63) is 105 Å². The quantitative estimate of drug-likeness (QED) is 0.199. The third kappa shape index (κ3) is 8.51. The number of alkyl carbamates (subject to hydrolysis) is 1. The lowest BCUT2D eigenvalue weighted by atomic mass is 9.92. The summed E-state index contributed by atoms with van der Waals surface area (Å²) in [5.74, 6) is -1.84. The molecule has 5 rings (SSSR count). The van der Waals surface area contributed by atoms with Crippen molar-refractivity contribution in [1.29, 1.82) is 5.26 Å². The Morgan fingerprint density at radius 3 is 2.40 bits per heavy atom. The second-order valence-electron chi connectivity index (χ2n) is 13.3.